The highest BCUT2D eigenvalue weighted by Gasteiger charge is 2.24. The lowest BCUT2D eigenvalue weighted by Crippen LogP contribution is -2.37. The second-order valence-electron chi connectivity index (χ2n) is 4.37. The Morgan fingerprint density at radius 1 is 1.47 bits per heavy atom. The van der Waals surface area contributed by atoms with Crippen molar-refractivity contribution < 1.29 is 0 Å². The summed E-state index contributed by atoms with van der Waals surface area (Å²) in [6.45, 7) is 1.94. The number of thiophene rings is 1. The summed E-state index contributed by atoms with van der Waals surface area (Å²) >= 11 is 1.78. The van der Waals surface area contributed by atoms with E-state index in [0.29, 0.717) is 12.0 Å². The normalized spacial score (nSPS) is 25.9. The monoisotopic (exact) mass is 224 g/mol. The smallest absolute Gasteiger partial charge is 0.0107 e. The van der Waals surface area contributed by atoms with Crippen molar-refractivity contribution in [1.82, 2.24) is 5.32 Å². The Morgan fingerprint density at radius 3 is 3.13 bits per heavy atom. The molecular formula is C12H20N2S. The van der Waals surface area contributed by atoms with Gasteiger partial charge in [0.15, 0.2) is 0 Å². The third kappa shape index (κ3) is 3.03. The summed E-state index contributed by atoms with van der Waals surface area (Å²) in [6.07, 6.45) is 5.12. The van der Waals surface area contributed by atoms with Crippen molar-refractivity contribution in [2.75, 3.05) is 13.1 Å². The van der Waals surface area contributed by atoms with Crippen molar-refractivity contribution in [2.45, 2.75) is 31.7 Å². The van der Waals surface area contributed by atoms with Crippen LogP contribution in [0.5, 0.6) is 0 Å². The van der Waals surface area contributed by atoms with Gasteiger partial charge in [0.25, 0.3) is 0 Å². The van der Waals surface area contributed by atoms with Gasteiger partial charge in [-0.25, -0.2) is 0 Å². The molecule has 1 fully saturated rings. The molecule has 0 aliphatic heterocycles. The number of hydrogen-bond donors (Lipinski definition) is 2. The predicted octanol–water partition coefficient (Wildman–Crippen LogP) is 2.01. The van der Waals surface area contributed by atoms with Crippen LogP contribution in [0.2, 0.25) is 0 Å². The minimum atomic E-state index is 0.675. The van der Waals surface area contributed by atoms with Crippen molar-refractivity contribution in [3.63, 3.8) is 0 Å². The van der Waals surface area contributed by atoms with Crippen molar-refractivity contribution >= 4 is 11.3 Å². The first-order valence-electron chi connectivity index (χ1n) is 5.84. The van der Waals surface area contributed by atoms with Crippen LogP contribution < -0.4 is 11.1 Å². The van der Waals surface area contributed by atoms with Crippen LogP contribution in [0, 0.1) is 5.92 Å². The molecule has 2 rings (SSSR count). The molecule has 3 heteroatoms. The quantitative estimate of drug-likeness (QED) is 0.803. The van der Waals surface area contributed by atoms with Crippen molar-refractivity contribution in [1.29, 1.82) is 0 Å². The van der Waals surface area contributed by atoms with E-state index < -0.39 is 0 Å². The van der Waals surface area contributed by atoms with Gasteiger partial charge in [0.2, 0.25) is 0 Å². The maximum atomic E-state index is 5.75. The van der Waals surface area contributed by atoms with Crippen molar-refractivity contribution in [3.8, 4) is 0 Å². The topological polar surface area (TPSA) is 38.0 Å². The molecule has 3 N–H and O–H groups in total. The van der Waals surface area contributed by atoms with Gasteiger partial charge in [-0.1, -0.05) is 6.42 Å². The van der Waals surface area contributed by atoms with Gasteiger partial charge in [-0.3, -0.25) is 0 Å². The zero-order chi connectivity index (χ0) is 10.5. The fraction of sp³-hybridized carbons (Fsp3) is 0.667. The molecule has 0 bridgehead atoms. The molecule has 2 nitrogen and oxygen atoms in total. The van der Waals surface area contributed by atoms with Crippen molar-refractivity contribution in [3.05, 3.63) is 22.4 Å². The van der Waals surface area contributed by atoms with E-state index in [2.05, 4.69) is 22.1 Å². The average molecular weight is 224 g/mol. The van der Waals surface area contributed by atoms with E-state index >= 15 is 0 Å². The summed E-state index contributed by atoms with van der Waals surface area (Å²) in [6, 6.07) is 2.88. The fourth-order valence-electron chi connectivity index (χ4n) is 2.42. The largest absolute Gasteiger partial charge is 0.330 e. The molecule has 1 saturated carbocycles. The van der Waals surface area contributed by atoms with E-state index in [0.717, 1.165) is 19.5 Å². The lowest BCUT2D eigenvalue weighted by Gasteiger charge is -2.19. The first-order chi connectivity index (χ1) is 7.40. The molecule has 15 heavy (non-hydrogen) atoms. The highest BCUT2D eigenvalue weighted by Crippen LogP contribution is 2.24. The summed E-state index contributed by atoms with van der Waals surface area (Å²) in [5.74, 6) is 0.715. The van der Waals surface area contributed by atoms with Gasteiger partial charge in [-0.2, -0.15) is 11.3 Å². The number of nitrogens with one attached hydrogen (secondary N) is 1. The van der Waals surface area contributed by atoms with Crippen LogP contribution in [0.25, 0.3) is 0 Å². The SMILES string of the molecule is NCC1CCCC1NCCc1ccsc1. The first kappa shape index (κ1) is 11.1. The lowest BCUT2D eigenvalue weighted by atomic mass is 10.0. The van der Waals surface area contributed by atoms with E-state index in [4.69, 9.17) is 5.73 Å². The zero-order valence-corrected chi connectivity index (χ0v) is 9.93. The van der Waals surface area contributed by atoms with Crippen molar-refractivity contribution in [2.24, 2.45) is 11.7 Å². The molecule has 0 aromatic carbocycles. The van der Waals surface area contributed by atoms with Crippen LogP contribution in [0.4, 0.5) is 0 Å². The highest BCUT2D eigenvalue weighted by molar-refractivity contribution is 7.07. The molecule has 0 saturated heterocycles. The first-order valence-corrected chi connectivity index (χ1v) is 6.79. The Bertz CT molecular complexity index is 271. The third-order valence-electron chi connectivity index (χ3n) is 3.36. The standard InChI is InChI=1S/C12H20N2S/c13-8-11-2-1-3-12(11)14-6-4-10-5-7-15-9-10/h5,7,9,11-12,14H,1-4,6,8,13H2. The molecule has 1 aromatic rings. The molecule has 2 atom stereocenters. The van der Waals surface area contributed by atoms with Crippen LogP contribution in [-0.4, -0.2) is 19.1 Å². The lowest BCUT2D eigenvalue weighted by molar-refractivity contribution is 0.410. The van der Waals surface area contributed by atoms with Crippen LogP contribution in [0.3, 0.4) is 0 Å². The number of rotatable bonds is 5. The maximum Gasteiger partial charge on any atom is 0.0107 e. The Morgan fingerprint density at radius 2 is 2.40 bits per heavy atom. The molecule has 1 heterocycles. The van der Waals surface area contributed by atoms with Gasteiger partial charge in [0.1, 0.15) is 0 Å². The maximum absolute atomic E-state index is 5.75. The average Bonchev–Trinajstić information content (AvgIpc) is 2.88. The van der Waals surface area contributed by atoms with Gasteiger partial charge < -0.3 is 11.1 Å². The molecule has 1 aromatic heterocycles. The second kappa shape index (κ2) is 5.64. The van der Waals surface area contributed by atoms with Gasteiger partial charge >= 0.3 is 0 Å². The molecule has 0 amide bonds. The zero-order valence-electron chi connectivity index (χ0n) is 9.11. The highest BCUT2D eigenvalue weighted by atomic mass is 32.1. The fourth-order valence-corrected chi connectivity index (χ4v) is 3.13. The molecule has 1 aliphatic rings. The molecule has 0 radical (unpaired) electrons. The Hall–Kier alpha value is -0.380. The van der Waals surface area contributed by atoms with Gasteiger partial charge in [-0.15, -0.1) is 0 Å². The Balaban J connectivity index is 1.69. The van der Waals surface area contributed by atoms with Gasteiger partial charge in [0.05, 0.1) is 0 Å². The van der Waals surface area contributed by atoms with Gasteiger partial charge in [-0.05, 0) is 60.7 Å². The second-order valence-corrected chi connectivity index (χ2v) is 5.15. The van der Waals surface area contributed by atoms with E-state index in [9.17, 15) is 0 Å². The van der Waals surface area contributed by atoms with Crippen LogP contribution in [-0.2, 0) is 6.42 Å². The molecule has 0 spiro atoms. The summed E-state index contributed by atoms with van der Waals surface area (Å²) in [5, 5.41) is 8.02. The molecule has 84 valence electrons. The van der Waals surface area contributed by atoms with E-state index in [1.165, 1.54) is 24.8 Å². The summed E-state index contributed by atoms with van der Waals surface area (Å²) in [7, 11) is 0. The Labute approximate surface area is 95.9 Å². The van der Waals surface area contributed by atoms with Gasteiger partial charge in [0, 0.05) is 6.04 Å². The van der Waals surface area contributed by atoms with Crippen LogP contribution in [0.15, 0.2) is 16.8 Å². The summed E-state index contributed by atoms with van der Waals surface area (Å²) in [4.78, 5) is 0. The van der Waals surface area contributed by atoms with Crippen LogP contribution >= 0.6 is 11.3 Å². The number of hydrogen-bond acceptors (Lipinski definition) is 3. The number of nitrogens with two attached hydrogens (primary N) is 1. The van der Waals surface area contributed by atoms with E-state index in [1.54, 1.807) is 11.3 Å². The summed E-state index contributed by atoms with van der Waals surface area (Å²) in [5.41, 5.74) is 7.21. The summed E-state index contributed by atoms with van der Waals surface area (Å²) < 4.78 is 0. The van der Waals surface area contributed by atoms with E-state index in [1.807, 2.05) is 0 Å². The minimum Gasteiger partial charge on any atom is -0.330 e. The third-order valence-corrected chi connectivity index (χ3v) is 4.09. The van der Waals surface area contributed by atoms with Crippen LogP contribution in [0.1, 0.15) is 24.8 Å². The molecular weight excluding hydrogens is 204 g/mol. The molecule has 1 aliphatic carbocycles. The van der Waals surface area contributed by atoms with E-state index in [-0.39, 0.29) is 0 Å². The molecule has 2 unspecified atom stereocenters. The minimum absolute atomic E-state index is 0.675. The Kier molecular flexibility index (Phi) is 4.18. The predicted molar refractivity (Wildman–Crippen MR) is 66.2 cm³/mol.